The fourth-order valence-electron chi connectivity index (χ4n) is 1.11. The van der Waals surface area contributed by atoms with Crippen LogP contribution in [-0.2, 0) is 19.9 Å². The van der Waals surface area contributed by atoms with Crippen molar-refractivity contribution < 1.29 is 27.7 Å². The predicted octanol–water partition coefficient (Wildman–Crippen LogP) is -3.00. The van der Waals surface area contributed by atoms with Crippen molar-refractivity contribution in [3.63, 3.8) is 0 Å². The van der Waals surface area contributed by atoms with Gasteiger partial charge in [0.05, 0.1) is 6.54 Å². The molecule has 0 aliphatic carbocycles. The average molecular weight is 253 g/mol. The number of nitrogens with two attached hydrogens (primary N) is 1. The van der Waals surface area contributed by atoms with Crippen LogP contribution >= 0.6 is 0 Å². The van der Waals surface area contributed by atoms with E-state index < -0.39 is 34.3 Å². The van der Waals surface area contributed by atoms with E-state index in [-0.39, 0.29) is 17.4 Å². The smallest absolute Gasteiger partial charge is 0.362 e. The Labute approximate surface area is 91.1 Å². The number of carboxylic acids is 1. The molecule has 1 unspecified atom stereocenters. The molecule has 0 saturated carbocycles. The maximum Gasteiger partial charge on any atom is 0.362 e. The lowest BCUT2D eigenvalue weighted by molar-refractivity contribution is -0.140. The lowest BCUT2D eigenvalue weighted by atomic mass is 10.1. The van der Waals surface area contributed by atoms with Crippen LogP contribution < -0.4 is 11.1 Å². The number of carboxylic acid groups (broad SMARTS) is 1. The highest BCUT2D eigenvalue weighted by Crippen LogP contribution is 2.13. The van der Waals surface area contributed by atoms with E-state index in [1.54, 1.807) is 0 Å². The minimum Gasteiger partial charge on any atom is -0.480 e. The Hall–Kier alpha value is -1.23. The predicted molar refractivity (Wildman–Crippen MR) is 50.7 cm³/mol. The molecule has 1 aliphatic rings. The fourth-order valence-corrected chi connectivity index (χ4v) is 1.80. The normalized spacial score (nSPS) is 22.8. The maximum absolute atomic E-state index is 11.1. The second kappa shape index (κ2) is 4.33. The summed E-state index contributed by atoms with van der Waals surface area (Å²) < 4.78 is 29.9. The van der Waals surface area contributed by atoms with Gasteiger partial charge in [-0.05, 0) is 0 Å². The fraction of sp³-hybridized carbons (Fsp3) is 0.667. The van der Waals surface area contributed by atoms with Crippen LogP contribution in [0.2, 0.25) is 0 Å². The molecule has 5 N–H and O–H groups in total. The summed E-state index contributed by atoms with van der Waals surface area (Å²) in [5.74, 6) is -2.06. The molecule has 0 radical (unpaired) electrons. The second-order valence-corrected chi connectivity index (χ2v) is 4.59. The van der Waals surface area contributed by atoms with Crippen LogP contribution in [0.5, 0.6) is 0 Å². The highest BCUT2D eigenvalue weighted by Gasteiger charge is 2.43. The third-order valence-electron chi connectivity index (χ3n) is 2.07. The van der Waals surface area contributed by atoms with E-state index in [1.165, 1.54) is 0 Å². The van der Waals surface area contributed by atoms with Crippen LogP contribution in [0, 0.1) is 0 Å². The van der Waals surface area contributed by atoms with E-state index in [4.69, 9.17) is 15.4 Å². The molecule has 92 valence electrons. The van der Waals surface area contributed by atoms with E-state index in [2.05, 4.69) is 5.32 Å². The van der Waals surface area contributed by atoms with Gasteiger partial charge in [-0.2, -0.15) is 8.42 Å². The maximum atomic E-state index is 11.1. The summed E-state index contributed by atoms with van der Waals surface area (Å²) in [5, 5.41) is 10.9. The molecule has 16 heavy (non-hydrogen) atoms. The van der Waals surface area contributed by atoms with Gasteiger partial charge in [0.25, 0.3) is 5.91 Å². The van der Waals surface area contributed by atoms with Gasteiger partial charge in [-0.1, -0.05) is 0 Å². The molecule has 1 aliphatic heterocycles. The van der Waals surface area contributed by atoms with Gasteiger partial charge in [0.1, 0.15) is 12.1 Å². The quantitative estimate of drug-likeness (QED) is 0.299. The molecule has 10 heteroatoms. The molecule has 0 aromatic rings. The third-order valence-corrected chi connectivity index (χ3v) is 2.96. The van der Waals surface area contributed by atoms with E-state index in [9.17, 15) is 18.0 Å². The Kier molecular flexibility index (Phi) is 3.48. The molecular formula is C6H11N3O6S. The van der Waals surface area contributed by atoms with Gasteiger partial charge in [0.2, 0.25) is 0 Å². The minimum absolute atomic E-state index is 0.162. The van der Waals surface area contributed by atoms with Crippen molar-refractivity contribution in [1.29, 1.82) is 0 Å². The summed E-state index contributed by atoms with van der Waals surface area (Å²) in [6.07, 6.45) is 0. The minimum atomic E-state index is -4.51. The Morgan fingerprint density at radius 1 is 1.69 bits per heavy atom. The molecule has 1 heterocycles. The number of carbonyl (C=O) groups excluding carboxylic acids is 1. The number of carbonyl (C=O) groups is 2. The number of β-lactam (4-membered cyclic amide) rings is 1. The van der Waals surface area contributed by atoms with Crippen molar-refractivity contribution >= 4 is 22.2 Å². The van der Waals surface area contributed by atoms with Gasteiger partial charge < -0.3 is 16.2 Å². The summed E-state index contributed by atoms with van der Waals surface area (Å²) in [5.41, 5.74) is 5.15. The number of aliphatic carboxylic acids is 1. The molecule has 1 rings (SSSR count). The van der Waals surface area contributed by atoms with Crippen LogP contribution in [0.4, 0.5) is 0 Å². The average Bonchev–Trinajstić information content (AvgIpc) is 2.12. The summed E-state index contributed by atoms with van der Waals surface area (Å²) in [4.78, 5) is 21.5. The largest absolute Gasteiger partial charge is 0.480 e. The number of amides is 1. The Morgan fingerprint density at radius 3 is 2.62 bits per heavy atom. The molecule has 2 atom stereocenters. The van der Waals surface area contributed by atoms with Gasteiger partial charge in [-0.15, -0.1) is 0 Å². The molecule has 1 amide bonds. The first-order chi connectivity index (χ1) is 7.23. The number of hydrogen-bond donors (Lipinski definition) is 4. The summed E-state index contributed by atoms with van der Waals surface area (Å²) >= 11 is 0. The lowest BCUT2D eigenvalue weighted by Crippen LogP contribution is -2.65. The SMILES string of the molecule is N[C@@H](CNC1CN(S(=O)(=O)O)C1=O)C(=O)O. The number of nitrogens with zero attached hydrogens (tertiary/aromatic N) is 1. The van der Waals surface area contributed by atoms with Crippen LogP contribution in [0.1, 0.15) is 0 Å². The van der Waals surface area contributed by atoms with Crippen molar-refractivity contribution in [2.75, 3.05) is 13.1 Å². The molecule has 1 saturated heterocycles. The Balaban J connectivity index is 2.40. The third kappa shape index (κ3) is 2.66. The number of hydrogen-bond acceptors (Lipinski definition) is 6. The molecule has 0 aromatic heterocycles. The van der Waals surface area contributed by atoms with E-state index in [1.807, 2.05) is 0 Å². The molecule has 0 spiro atoms. The number of nitrogens with one attached hydrogen (secondary N) is 1. The number of rotatable bonds is 5. The zero-order valence-corrected chi connectivity index (χ0v) is 8.85. The van der Waals surface area contributed by atoms with Gasteiger partial charge in [0, 0.05) is 6.54 Å². The first-order valence-electron chi connectivity index (χ1n) is 4.24. The van der Waals surface area contributed by atoms with Crippen molar-refractivity contribution in [2.24, 2.45) is 5.73 Å². The monoisotopic (exact) mass is 253 g/mol. The van der Waals surface area contributed by atoms with Gasteiger partial charge in [0.15, 0.2) is 0 Å². The van der Waals surface area contributed by atoms with Crippen LogP contribution in [-0.4, -0.2) is 59.4 Å². The van der Waals surface area contributed by atoms with Gasteiger partial charge in [-0.3, -0.25) is 14.1 Å². The van der Waals surface area contributed by atoms with E-state index >= 15 is 0 Å². The highest BCUT2D eigenvalue weighted by molar-refractivity contribution is 7.84. The van der Waals surface area contributed by atoms with Crippen molar-refractivity contribution in [3.8, 4) is 0 Å². The first-order valence-corrected chi connectivity index (χ1v) is 5.64. The lowest BCUT2D eigenvalue weighted by Gasteiger charge is -2.35. The topological polar surface area (TPSA) is 150 Å². The van der Waals surface area contributed by atoms with Crippen molar-refractivity contribution in [1.82, 2.24) is 9.62 Å². The van der Waals surface area contributed by atoms with Gasteiger partial charge in [-0.25, -0.2) is 4.31 Å². The Morgan fingerprint density at radius 2 is 2.25 bits per heavy atom. The van der Waals surface area contributed by atoms with E-state index in [0.29, 0.717) is 0 Å². The Bertz CT molecular complexity index is 406. The zero-order valence-electron chi connectivity index (χ0n) is 8.03. The van der Waals surface area contributed by atoms with Crippen LogP contribution in [0.25, 0.3) is 0 Å². The van der Waals surface area contributed by atoms with Gasteiger partial charge >= 0.3 is 16.3 Å². The van der Waals surface area contributed by atoms with Crippen molar-refractivity contribution in [3.05, 3.63) is 0 Å². The van der Waals surface area contributed by atoms with Crippen LogP contribution in [0.15, 0.2) is 0 Å². The summed E-state index contributed by atoms with van der Waals surface area (Å²) in [6.45, 7) is -0.394. The van der Waals surface area contributed by atoms with Crippen molar-refractivity contribution in [2.45, 2.75) is 12.1 Å². The summed E-state index contributed by atoms with van der Waals surface area (Å²) in [6, 6.07) is -2.00. The zero-order chi connectivity index (χ0) is 12.5. The highest BCUT2D eigenvalue weighted by atomic mass is 32.2. The van der Waals surface area contributed by atoms with E-state index in [0.717, 1.165) is 0 Å². The molecular weight excluding hydrogens is 242 g/mol. The van der Waals surface area contributed by atoms with Crippen LogP contribution in [0.3, 0.4) is 0 Å². The molecule has 1 fully saturated rings. The standard InChI is InChI=1S/C6H11N3O6S/c7-3(6(11)12)1-8-4-2-9(5(4)10)16(13,14)15/h3-4,8H,1-2,7H2,(H,11,12)(H,13,14,15)/t3-,4?/m0/s1. The summed E-state index contributed by atoms with van der Waals surface area (Å²) in [7, 11) is -4.51. The second-order valence-electron chi connectivity index (χ2n) is 3.25. The molecule has 9 nitrogen and oxygen atoms in total. The molecule has 0 aromatic carbocycles. The molecule has 0 bridgehead atoms. The first kappa shape index (κ1) is 12.8.